The van der Waals surface area contributed by atoms with Crippen LogP contribution in [-0.4, -0.2) is 35.4 Å². The van der Waals surface area contributed by atoms with Gasteiger partial charge in [0.05, 0.1) is 25.0 Å². The van der Waals surface area contributed by atoms with Gasteiger partial charge in [-0.1, -0.05) is 88.5 Å². The topological polar surface area (TPSA) is 93.1 Å². The van der Waals surface area contributed by atoms with Crippen LogP contribution in [0.15, 0.2) is 48.5 Å². The molecule has 0 unspecified atom stereocenters. The largest absolute Gasteiger partial charge is 0.508 e. The van der Waals surface area contributed by atoms with Gasteiger partial charge in [0.2, 0.25) is 0 Å². The minimum atomic E-state index is -0.559. The number of hydrogen-bond acceptors (Lipinski definition) is 6. The molecule has 5 rings (SSSR count). The lowest BCUT2D eigenvalue weighted by molar-refractivity contribution is -0.168. The van der Waals surface area contributed by atoms with Crippen LogP contribution < -0.4 is 0 Å². The van der Waals surface area contributed by atoms with Crippen molar-refractivity contribution in [2.24, 2.45) is 23.7 Å². The molecule has 6 heteroatoms. The highest BCUT2D eigenvalue weighted by Gasteiger charge is 2.59. The molecule has 2 aromatic rings. The number of aromatic hydroxyl groups is 2. The summed E-state index contributed by atoms with van der Waals surface area (Å²) in [5.41, 5.74) is 1.63. The molecule has 2 aromatic carbocycles. The molecule has 0 amide bonds. The molecule has 0 heterocycles. The number of carbonyl (C=O) groups excluding carboxylic acids is 2. The summed E-state index contributed by atoms with van der Waals surface area (Å²) in [6.45, 7) is 0.780. The number of benzene rings is 2. The van der Waals surface area contributed by atoms with E-state index in [9.17, 15) is 19.8 Å². The Morgan fingerprint density at radius 2 is 0.925 bits per heavy atom. The van der Waals surface area contributed by atoms with E-state index in [1.807, 2.05) is 0 Å². The first-order valence-corrected chi connectivity index (χ1v) is 15.4. The smallest absolute Gasteiger partial charge is 0.310 e. The Labute approximate surface area is 238 Å². The Kier molecular flexibility index (Phi) is 9.66. The fourth-order valence-electron chi connectivity index (χ4n) is 7.35. The number of phenolic OH excluding ortho intramolecular Hbond substituents is 2. The van der Waals surface area contributed by atoms with Crippen LogP contribution in [0, 0.1) is 23.7 Å². The number of hydrogen-bond donors (Lipinski definition) is 2. The number of ether oxygens (including phenoxy) is 2. The van der Waals surface area contributed by atoms with Crippen LogP contribution in [0.3, 0.4) is 0 Å². The second-order valence-electron chi connectivity index (χ2n) is 12.2. The Balaban J connectivity index is 1.35. The van der Waals surface area contributed by atoms with Gasteiger partial charge in [0.1, 0.15) is 11.5 Å². The van der Waals surface area contributed by atoms with Crippen molar-refractivity contribution in [3.8, 4) is 11.5 Å². The Hall–Kier alpha value is -3.02. The first-order chi connectivity index (χ1) is 19.5. The van der Waals surface area contributed by atoms with Gasteiger partial charge in [0.25, 0.3) is 0 Å². The monoisotopic (exact) mass is 548 g/mol. The lowest BCUT2D eigenvalue weighted by Gasteiger charge is -2.49. The SMILES string of the molecule is O=C(OCCC1CCCCC1)C1C(c2ccc(O)cc2)C(C(=O)OCCC2CCCCC2)C1c1ccc(O)cc1. The van der Waals surface area contributed by atoms with Gasteiger partial charge in [-0.25, -0.2) is 0 Å². The van der Waals surface area contributed by atoms with E-state index in [-0.39, 0.29) is 23.4 Å². The molecule has 0 aromatic heterocycles. The minimum absolute atomic E-state index is 0.136. The molecule has 0 bridgehead atoms. The molecule has 2 N–H and O–H groups in total. The van der Waals surface area contributed by atoms with Crippen LogP contribution in [-0.2, 0) is 19.1 Å². The van der Waals surface area contributed by atoms with Gasteiger partial charge in [-0.05, 0) is 60.1 Å². The van der Waals surface area contributed by atoms with E-state index < -0.39 is 23.7 Å². The Morgan fingerprint density at radius 3 is 1.27 bits per heavy atom. The standard InChI is InChI=1S/C34H44O6/c35-27-15-11-25(12-16-27)29-31(33(37)39-21-19-23-7-3-1-4-8-23)30(26-13-17-28(36)18-14-26)32(29)34(38)40-22-20-24-9-5-2-6-10-24/h11-18,23-24,29-32,35-36H,1-10,19-22H2. The summed E-state index contributed by atoms with van der Waals surface area (Å²) in [7, 11) is 0. The maximum atomic E-state index is 13.7. The summed E-state index contributed by atoms with van der Waals surface area (Å²) >= 11 is 0. The van der Waals surface area contributed by atoms with E-state index in [0.29, 0.717) is 25.0 Å². The molecule has 216 valence electrons. The van der Waals surface area contributed by atoms with E-state index >= 15 is 0 Å². The van der Waals surface area contributed by atoms with Gasteiger partial charge in [-0.15, -0.1) is 0 Å². The Morgan fingerprint density at radius 1 is 0.575 bits per heavy atom. The molecule has 0 radical (unpaired) electrons. The lowest BCUT2D eigenvalue weighted by atomic mass is 9.52. The molecule has 3 fully saturated rings. The maximum Gasteiger partial charge on any atom is 0.310 e. The van der Waals surface area contributed by atoms with Gasteiger partial charge < -0.3 is 19.7 Å². The predicted octanol–water partition coefficient (Wildman–Crippen LogP) is 7.24. The van der Waals surface area contributed by atoms with Crippen LogP contribution >= 0.6 is 0 Å². The van der Waals surface area contributed by atoms with Gasteiger partial charge in [0.15, 0.2) is 0 Å². The molecule has 6 nitrogen and oxygen atoms in total. The number of phenols is 2. The summed E-state index contributed by atoms with van der Waals surface area (Å²) in [6, 6.07) is 13.5. The highest BCUT2D eigenvalue weighted by atomic mass is 16.5. The van der Waals surface area contributed by atoms with Crippen LogP contribution in [0.4, 0.5) is 0 Å². The third-order valence-electron chi connectivity index (χ3n) is 9.64. The molecular formula is C34H44O6. The van der Waals surface area contributed by atoms with E-state index in [2.05, 4.69) is 0 Å². The van der Waals surface area contributed by atoms with E-state index in [1.165, 1.54) is 64.2 Å². The number of carbonyl (C=O) groups is 2. The van der Waals surface area contributed by atoms with Gasteiger partial charge in [-0.3, -0.25) is 9.59 Å². The van der Waals surface area contributed by atoms with Crippen molar-refractivity contribution in [1.82, 2.24) is 0 Å². The molecule has 3 saturated carbocycles. The fourth-order valence-corrected chi connectivity index (χ4v) is 7.35. The maximum absolute atomic E-state index is 13.7. The van der Waals surface area contributed by atoms with Crippen LogP contribution in [0.5, 0.6) is 11.5 Å². The molecule has 0 spiro atoms. The van der Waals surface area contributed by atoms with Gasteiger partial charge in [-0.2, -0.15) is 0 Å². The van der Waals surface area contributed by atoms with Crippen LogP contribution in [0.2, 0.25) is 0 Å². The van der Waals surface area contributed by atoms with E-state index in [1.54, 1.807) is 48.5 Å². The van der Waals surface area contributed by atoms with Gasteiger partial charge in [0, 0.05) is 11.8 Å². The summed E-state index contributed by atoms with van der Waals surface area (Å²) in [5.74, 6) is -1.05. The highest BCUT2D eigenvalue weighted by molar-refractivity contribution is 5.85. The zero-order valence-corrected chi connectivity index (χ0v) is 23.5. The normalized spacial score (nSPS) is 25.6. The summed E-state index contributed by atoms with van der Waals surface area (Å²) in [6.07, 6.45) is 14.1. The van der Waals surface area contributed by atoms with Crippen molar-refractivity contribution in [2.45, 2.75) is 88.9 Å². The second kappa shape index (κ2) is 13.6. The molecule has 0 aliphatic heterocycles. The lowest BCUT2D eigenvalue weighted by Crippen LogP contribution is -2.52. The van der Waals surface area contributed by atoms with Crippen molar-refractivity contribution in [1.29, 1.82) is 0 Å². The molecular weight excluding hydrogens is 504 g/mol. The molecule has 0 atom stereocenters. The highest BCUT2D eigenvalue weighted by Crippen LogP contribution is 2.58. The molecule has 3 aliphatic rings. The van der Waals surface area contributed by atoms with Crippen molar-refractivity contribution < 1.29 is 29.3 Å². The van der Waals surface area contributed by atoms with Crippen LogP contribution in [0.25, 0.3) is 0 Å². The summed E-state index contributed by atoms with van der Waals surface area (Å²) in [4.78, 5) is 27.4. The van der Waals surface area contributed by atoms with Crippen molar-refractivity contribution >= 4 is 11.9 Å². The molecule has 3 aliphatic carbocycles. The quantitative estimate of drug-likeness (QED) is 0.304. The average Bonchev–Trinajstić information content (AvgIpc) is 2.96. The molecule has 0 saturated heterocycles. The van der Waals surface area contributed by atoms with Gasteiger partial charge >= 0.3 is 11.9 Å². The predicted molar refractivity (Wildman–Crippen MR) is 153 cm³/mol. The number of rotatable bonds is 10. The molecule has 40 heavy (non-hydrogen) atoms. The van der Waals surface area contributed by atoms with E-state index in [4.69, 9.17) is 9.47 Å². The third-order valence-corrected chi connectivity index (χ3v) is 9.64. The zero-order valence-electron chi connectivity index (χ0n) is 23.5. The summed E-state index contributed by atoms with van der Waals surface area (Å²) in [5, 5.41) is 19.8. The van der Waals surface area contributed by atoms with E-state index in [0.717, 1.165) is 24.0 Å². The Bertz CT molecular complexity index is 1000. The minimum Gasteiger partial charge on any atom is -0.508 e. The van der Waals surface area contributed by atoms with Crippen LogP contribution in [0.1, 0.15) is 100 Å². The second-order valence-corrected chi connectivity index (χ2v) is 12.2. The summed E-state index contributed by atoms with van der Waals surface area (Å²) < 4.78 is 11.8. The average molecular weight is 549 g/mol. The zero-order chi connectivity index (χ0) is 27.9. The first kappa shape index (κ1) is 28.5. The third kappa shape index (κ3) is 6.82. The fraction of sp³-hybridized carbons (Fsp3) is 0.588. The first-order valence-electron chi connectivity index (χ1n) is 15.4. The number of esters is 2. The van der Waals surface area contributed by atoms with Crippen molar-refractivity contribution in [3.05, 3.63) is 59.7 Å². The van der Waals surface area contributed by atoms with Crippen molar-refractivity contribution in [3.63, 3.8) is 0 Å². The van der Waals surface area contributed by atoms with Crippen molar-refractivity contribution in [2.75, 3.05) is 13.2 Å².